The Morgan fingerprint density at radius 2 is 1.57 bits per heavy atom. The van der Waals surface area contributed by atoms with Crippen molar-refractivity contribution >= 4 is 0 Å². The highest BCUT2D eigenvalue weighted by Gasteiger charge is 2.17. The Bertz CT molecular complexity index is 418. The summed E-state index contributed by atoms with van der Waals surface area (Å²) in [6.45, 7) is 3.81. The first-order chi connectivity index (χ1) is 10.1. The van der Waals surface area contributed by atoms with Gasteiger partial charge in [0.2, 0.25) is 0 Å². The molecule has 1 aromatic carbocycles. The number of halogens is 2. The van der Waals surface area contributed by atoms with Crippen LogP contribution in [0.2, 0.25) is 0 Å². The Morgan fingerprint density at radius 1 is 0.952 bits per heavy atom. The summed E-state index contributed by atoms with van der Waals surface area (Å²) in [5, 5.41) is 3.11. The van der Waals surface area contributed by atoms with Gasteiger partial charge in [0.15, 0.2) is 11.6 Å². The minimum absolute atomic E-state index is 0.101. The van der Waals surface area contributed by atoms with Crippen LogP contribution in [-0.2, 0) is 0 Å². The molecule has 0 fully saturated rings. The molecule has 0 spiro atoms. The van der Waals surface area contributed by atoms with Crippen molar-refractivity contribution < 1.29 is 8.78 Å². The summed E-state index contributed by atoms with van der Waals surface area (Å²) in [7, 11) is 1.81. The molecule has 0 bridgehead atoms. The zero-order chi connectivity index (χ0) is 15.7. The first kappa shape index (κ1) is 18.1. The lowest BCUT2D eigenvalue weighted by atomic mass is 9.98. The van der Waals surface area contributed by atoms with Crippen LogP contribution in [-0.4, -0.2) is 7.05 Å². The van der Waals surface area contributed by atoms with Gasteiger partial charge < -0.3 is 5.32 Å². The molecule has 3 heteroatoms. The van der Waals surface area contributed by atoms with E-state index >= 15 is 0 Å². The van der Waals surface area contributed by atoms with Crippen molar-refractivity contribution in [1.29, 1.82) is 0 Å². The number of rotatable bonds is 10. The lowest BCUT2D eigenvalue weighted by molar-refractivity contribution is 0.447. The summed E-state index contributed by atoms with van der Waals surface area (Å²) in [6.07, 6.45) is 9.47. The van der Waals surface area contributed by atoms with Crippen molar-refractivity contribution in [1.82, 2.24) is 5.32 Å². The van der Waals surface area contributed by atoms with Crippen LogP contribution in [0.3, 0.4) is 0 Å². The summed E-state index contributed by atoms with van der Waals surface area (Å²) < 4.78 is 27.6. The largest absolute Gasteiger partial charge is 0.313 e. The fourth-order valence-corrected chi connectivity index (χ4v) is 2.69. The fourth-order valence-electron chi connectivity index (χ4n) is 2.69. The summed E-state index contributed by atoms with van der Waals surface area (Å²) >= 11 is 0. The molecule has 1 nitrogen and oxygen atoms in total. The molecular formula is C18H29F2N. The van der Waals surface area contributed by atoms with Crippen molar-refractivity contribution in [2.75, 3.05) is 7.05 Å². The molecule has 1 aromatic rings. The molecule has 0 heterocycles. The maximum atomic E-state index is 14.0. The molecule has 1 atom stereocenters. The van der Waals surface area contributed by atoms with E-state index in [0.29, 0.717) is 11.1 Å². The Hall–Kier alpha value is -0.960. The molecule has 0 amide bonds. The van der Waals surface area contributed by atoms with Crippen molar-refractivity contribution in [2.45, 2.75) is 71.3 Å². The summed E-state index contributed by atoms with van der Waals surface area (Å²) in [5.74, 6) is -1.41. The van der Waals surface area contributed by atoms with E-state index in [4.69, 9.17) is 0 Å². The number of nitrogens with one attached hydrogen (secondary N) is 1. The highest BCUT2D eigenvalue weighted by Crippen LogP contribution is 2.25. The van der Waals surface area contributed by atoms with E-state index in [1.54, 1.807) is 19.1 Å². The maximum Gasteiger partial charge on any atom is 0.163 e. The number of aryl methyl sites for hydroxylation is 1. The highest BCUT2D eigenvalue weighted by atomic mass is 19.2. The predicted molar refractivity (Wildman–Crippen MR) is 85.5 cm³/mol. The first-order valence-electron chi connectivity index (χ1n) is 8.23. The monoisotopic (exact) mass is 297 g/mol. The summed E-state index contributed by atoms with van der Waals surface area (Å²) in [4.78, 5) is 0. The molecule has 1 unspecified atom stereocenters. The van der Waals surface area contributed by atoms with Crippen LogP contribution < -0.4 is 5.32 Å². The van der Waals surface area contributed by atoms with Gasteiger partial charge in [-0.2, -0.15) is 0 Å². The second kappa shape index (κ2) is 9.88. The van der Waals surface area contributed by atoms with Crippen molar-refractivity contribution in [3.8, 4) is 0 Å². The molecule has 0 aliphatic heterocycles. The SMILES string of the molecule is CCCCCCCCCC(NC)c1ccc(C)c(F)c1F. The van der Waals surface area contributed by atoms with Crippen LogP contribution in [0.5, 0.6) is 0 Å². The van der Waals surface area contributed by atoms with E-state index in [0.717, 1.165) is 19.3 Å². The molecule has 0 aliphatic rings. The molecular weight excluding hydrogens is 268 g/mol. The van der Waals surface area contributed by atoms with E-state index in [1.165, 1.54) is 32.1 Å². The van der Waals surface area contributed by atoms with Gasteiger partial charge in [-0.05, 0) is 26.0 Å². The van der Waals surface area contributed by atoms with Gasteiger partial charge in [0, 0.05) is 11.6 Å². The Kier molecular flexibility index (Phi) is 8.51. The minimum Gasteiger partial charge on any atom is -0.313 e. The third-order valence-electron chi connectivity index (χ3n) is 4.13. The molecule has 21 heavy (non-hydrogen) atoms. The van der Waals surface area contributed by atoms with Crippen molar-refractivity contribution in [3.05, 3.63) is 34.9 Å². The predicted octanol–water partition coefficient (Wildman–Crippen LogP) is 5.67. The van der Waals surface area contributed by atoms with Gasteiger partial charge in [-0.3, -0.25) is 0 Å². The second-order valence-corrected chi connectivity index (χ2v) is 5.85. The molecule has 120 valence electrons. The lowest BCUT2D eigenvalue weighted by Crippen LogP contribution is -2.18. The third-order valence-corrected chi connectivity index (χ3v) is 4.13. The van der Waals surface area contributed by atoms with Crippen molar-refractivity contribution in [2.24, 2.45) is 0 Å². The number of hydrogen-bond donors (Lipinski definition) is 1. The van der Waals surface area contributed by atoms with E-state index in [9.17, 15) is 8.78 Å². The number of benzene rings is 1. The van der Waals surface area contributed by atoms with Gasteiger partial charge in [-0.15, -0.1) is 0 Å². The van der Waals surface area contributed by atoms with Gasteiger partial charge in [0.05, 0.1) is 0 Å². The van der Waals surface area contributed by atoms with Crippen LogP contribution in [0, 0.1) is 18.6 Å². The first-order valence-corrected chi connectivity index (χ1v) is 8.23. The Morgan fingerprint density at radius 3 is 2.19 bits per heavy atom. The summed E-state index contributed by atoms with van der Waals surface area (Å²) in [6, 6.07) is 3.26. The molecule has 0 radical (unpaired) electrons. The van der Waals surface area contributed by atoms with Gasteiger partial charge >= 0.3 is 0 Å². The zero-order valence-electron chi connectivity index (χ0n) is 13.6. The van der Waals surface area contributed by atoms with E-state index < -0.39 is 11.6 Å². The van der Waals surface area contributed by atoms with Crippen LogP contribution in [0.25, 0.3) is 0 Å². The van der Waals surface area contributed by atoms with Crippen LogP contribution in [0.4, 0.5) is 8.78 Å². The van der Waals surface area contributed by atoms with Gasteiger partial charge in [0.25, 0.3) is 0 Å². The quantitative estimate of drug-likeness (QED) is 0.548. The van der Waals surface area contributed by atoms with Gasteiger partial charge in [0.1, 0.15) is 0 Å². The summed E-state index contributed by atoms with van der Waals surface area (Å²) in [5.41, 5.74) is 0.814. The van der Waals surface area contributed by atoms with Gasteiger partial charge in [-0.1, -0.05) is 64.0 Å². The smallest absolute Gasteiger partial charge is 0.163 e. The number of hydrogen-bond acceptors (Lipinski definition) is 1. The van der Waals surface area contributed by atoms with Crippen LogP contribution >= 0.6 is 0 Å². The third kappa shape index (κ3) is 5.74. The van der Waals surface area contributed by atoms with Crippen LogP contribution in [0.15, 0.2) is 12.1 Å². The number of unbranched alkanes of at least 4 members (excludes halogenated alkanes) is 6. The molecule has 0 saturated heterocycles. The minimum atomic E-state index is -0.715. The van der Waals surface area contributed by atoms with Crippen molar-refractivity contribution in [3.63, 3.8) is 0 Å². The highest BCUT2D eigenvalue weighted by molar-refractivity contribution is 5.27. The van der Waals surface area contributed by atoms with Crippen LogP contribution in [0.1, 0.15) is 75.5 Å². The van der Waals surface area contributed by atoms with Gasteiger partial charge in [-0.25, -0.2) is 8.78 Å². The molecule has 1 N–H and O–H groups in total. The second-order valence-electron chi connectivity index (χ2n) is 5.85. The van der Waals surface area contributed by atoms with E-state index in [1.807, 2.05) is 7.05 Å². The molecule has 0 aromatic heterocycles. The van der Waals surface area contributed by atoms with E-state index in [2.05, 4.69) is 12.2 Å². The fraction of sp³-hybridized carbons (Fsp3) is 0.667. The standard InChI is InChI=1S/C18H29F2N/c1-4-5-6-7-8-9-10-11-16(21-3)15-13-12-14(2)17(19)18(15)20/h12-13,16,21H,4-11H2,1-3H3. The topological polar surface area (TPSA) is 12.0 Å². The average molecular weight is 297 g/mol. The molecule has 0 aliphatic carbocycles. The Balaban J connectivity index is 2.43. The normalized spacial score (nSPS) is 12.6. The van der Waals surface area contributed by atoms with E-state index in [-0.39, 0.29) is 6.04 Å². The average Bonchev–Trinajstić information content (AvgIpc) is 2.49. The Labute approximate surface area is 128 Å². The molecule has 0 saturated carbocycles. The lowest BCUT2D eigenvalue weighted by Gasteiger charge is -2.18. The zero-order valence-corrected chi connectivity index (χ0v) is 13.6. The maximum absolute atomic E-state index is 14.0. The molecule has 1 rings (SSSR count).